The topological polar surface area (TPSA) is 101 Å². The lowest BCUT2D eigenvalue weighted by Crippen LogP contribution is -2.30. The summed E-state index contributed by atoms with van der Waals surface area (Å²) in [7, 11) is 0. The number of ketones is 1. The first-order chi connectivity index (χ1) is 7.57. The molecular formula is C11H25N3O2. The summed E-state index contributed by atoms with van der Waals surface area (Å²) in [6.45, 7) is 3.45. The molecule has 0 radical (unpaired) electrons. The Kier molecular flexibility index (Phi) is 9.42. The second kappa shape index (κ2) is 9.72. The molecule has 0 saturated heterocycles. The Morgan fingerprint density at radius 2 is 2.06 bits per heavy atom. The number of hydrogen-bond donors (Lipinski definition) is 4. The van der Waals surface area contributed by atoms with Crippen molar-refractivity contribution in [2.75, 3.05) is 19.6 Å². The molecule has 0 aromatic carbocycles. The molecule has 0 aromatic heterocycles. The van der Waals surface area contributed by atoms with Crippen molar-refractivity contribution in [3.63, 3.8) is 0 Å². The van der Waals surface area contributed by atoms with E-state index in [1.165, 1.54) is 6.92 Å². The Labute approximate surface area is 97.6 Å². The van der Waals surface area contributed by atoms with Crippen molar-refractivity contribution < 1.29 is 9.90 Å². The molecule has 0 heterocycles. The van der Waals surface area contributed by atoms with Gasteiger partial charge in [-0.15, -0.1) is 0 Å². The molecule has 0 bridgehead atoms. The van der Waals surface area contributed by atoms with Crippen LogP contribution in [0, 0.1) is 0 Å². The summed E-state index contributed by atoms with van der Waals surface area (Å²) in [5.74, 6) is 0.0475. The van der Waals surface area contributed by atoms with Crippen LogP contribution in [0.2, 0.25) is 0 Å². The smallest absolute Gasteiger partial charge is 0.146 e. The fourth-order valence-electron chi connectivity index (χ4n) is 1.38. The average molecular weight is 231 g/mol. The van der Waals surface area contributed by atoms with E-state index >= 15 is 0 Å². The van der Waals surface area contributed by atoms with Gasteiger partial charge in [-0.05, 0) is 39.3 Å². The van der Waals surface area contributed by atoms with E-state index in [-0.39, 0.29) is 17.9 Å². The van der Waals surface area contributed by atoms with Crippen LogP contribution in [0.3, 0.4) is 0 Å². The van der Waals surface area contributed by atoms with Crippen LogP contribution in [0.15, 0.2) is 0 Å². The van der Waals surface area contributed by atoms with Crippen molar-refractivity contribution in [3.05, 3.63) is 0 Å². The third kappa shape index (κ3) is 8.79. The molecule has 0 aliphatic rings. The molecule has 0 aromatic rings. The van der Waals surface area contributed by atoms with Gasteiger partial charge in [-0.25, -0.2) is 0 Å². The summed E-state index contributed by atoms with van der Waals surface area (Å²) < 4.78 is 0. The summed E-state index contributed by atoms with van der Waals surface area (Å²) in [5, 5.41) is 12.5. The molecule has 0 fully saturated rings. The highest BCUT2D eigenvalue weighted by Gasteiger charge is 2.06. The zero-order chi connectivity index (χ0) is 12.4. The zero-order valence-electron chi connectivity index (χ0n) is 10.1. The molecule has 2 unspecified atom stereocenters. The van der Waals surface area contributed by atoms with E-state index in [1.54, 1.807) is 0 Å². The van der Waals surface area contributed by atoms with Gasteiger partial charge in [0.25, 0.3) is 0 Å². The summed E-state index contributed by atoms with van der Waals surface area (Å²) in [6.07, 6.45) is 2.91. The molecule has 5 nitrogen and oxygen atoms in total. The molecule has 2 atom stereocenters. The summed E-state index contributed by atoms with van der Waals surface area (Å²) in [4.78, 5) is 10.8. The molecule has 16 heavy (non-hydrogen) atoms. The molecule has 0 spiro atoms. The average Bonchev–Trinajstić information content (AvgIpc) is 2.23. The Balaban J connectivity index is 3.24. The first kappa shape index (κ1) is 15.5. The van der Waals surface area contributed by atoms with Gasteiger partial charge in [0.2, 0.25) is 0 Å². The van der Waals surface area contributed by atoms with Crippen molar-refractivity contribution in [2.45, 2.75) is 44.8 Å². The molecule has 6 N–H and O–H groups in total. The van der Waals surface area contributed by atoms with Crippen LogP contribution in [0.5, 0.6) is 0 Å². The van der Waals surface area contributed by atoms with Gasteiger partial charge in [0.15, 0.2) is 0 Å². The molecule has 0 amide bonds. The van der Waals surface area contributed by atoms with Crippen molar-refractivity contribution in [1.29, 1.82) is 0 Å². The molecule has 96 valence electrons. The Bertz CT molecular complexity index is 188. The third-order valence-corrected chi connectivity index (χ3v) is 2.52. The van der Waals surface area contributed by atoms with Gasteiger partial charge in [0, 0.05) is 6.54 Å². The fourth-order valence-corrected chi connectivity index (χ4v) is 1.38. The highest BCUT2D eigenvalue weighted by Crippen LogP contribution is 1.99. The fraction of sp³-hybridized carbons (Fsp3) is 0.909. The minimum Gasteiger partial charge on any atom is -0.392 e. The maximum atomic E-state index is 10.8. The standard InChI is InChI=1S/C11H25N3O2/c1-9(15)11(13)4-2-3-7-14-8-10(16)5-6-12/h10-11,14,16H,2-8,12-13H2,1H3. The minimum atomic E-state index is -0.357. The summed E-state index contributed by atoms with van der Waals surface area (Å²) >= 11 is 0. The largest absolute Gasteiger partial charge is 0.392 e. The molecular weight excluding hydrogens is 206 g/mol. The van der Waals surface area contributed by atoms with Crippen LogP contribution in [-0.4, -0.2) is 42.7 Å². The number of rotatable bonds is 10. The third-order valence-electron chi connectivity index (χ3n) is 2.52. The number of nitrogens with one attached hydrogen (secondary N) is 1. The number of Topliss-reactive ketones (excluding diaryl/α,β-unsaturated/α-hetero) is 1. The van der Waals surface area contributed by atoms with Gasteiger partial charge >= 0.3 is 0 Å². The van der Waals surface area contributed by atoms with Crippen LogP contribution in [0.1, 0.15) is 32.6 Å². The number of unbranched alkanes of at least 4 members (excludes halogenated alkanes) is 1. The van der Waals surface area contributed by atoms with Crippen LogP contribution >= 0.6 is 0 Å². The maximum absolute atomic E-state index is 10.8. The second-order valence-corrected chi connectivity index (χ2v) is 4.15. The maximum Gasteiger partial charge on any atom is 0.146 e. The minimum absolute atomic E-state index is 0.0475. The predicted molar refractivity (Wildman–Crippen MR) is 65.1 cm³/mol. The van der Waals surface area contributed by atoms with Crippen LogP contribution < -0.4 is 16.8 Å². The van der Waals surface area contributed by atoms with Gasteiger partial charge in [-0.2, -0.15) is 0 Å². The first-order valence-corrected chi connectivity index (χ1v) is 5.92. The number of hydrogen-bond acceptors (Lipinski definition) is 5. The Morgan fingerprint density at radius 3 is 2.62 bits per heavy atom. The van der Waals surface area contributed by atoms with Gasteiger partial charge in [-0.3, -0.25) is 4.79 Å². The highest BCUT2D eigenvalue weighted by molar-refractivity contribution is 5.80. The van der Waals surface area contributed by atoms with Crippen molar-refractivity contribution in [1.82, 2.24) is 5.32 Å². The molecule has 0 aliphatic carbocycles. The van der Waals surface area contributed by atoms with Crippen LogP contribution in [-0.2, 0) is 4.79 Å². The summed E-state index contributed by atoms with van der Waals surface area (Å²) in [5.41, 5.74) is 10.9. The number of carbonyl (C=O) groups is 1. The second-order valence-electron chi connectivity index (χ2n) is 4.15. The normalized spacial score (nSPS) is 14.8. The lowest BCUT2D eigenvalue weighted by Gasteiger charge is -2.11. The van der Waals surface area contributed by atoms with Gasteiger partial charge in [-0.1, -0.05) is 6.42 Å². The van der Waals surface area contributed by atoms with E-state index in [2.05, 4.69) is 5.32 Å². The van der Waals surface area contributed by atoms with E-state index in [1.807, 2.05) is 0 Å². The lowest BCUT2D eigenvalue weighted by atomic mass is 10.1. The quantitative estimate of drug-likeness (QED) is 0.375. The van der Waals surface area contributed by atoms with E-state index < -0.39 is 0 Å². The molecule has 5 heteroatoms. The predicted octanol–water partition coefficient (Wildman–Crippen LogP) is -0.628. The Hall–Kier alpha value is -0.490. The van der Waals surface area contributed by atoms with Gasteiger partial charge in [0.05, 0.1) is 12.1 Å². The Morgan fingerprint density at radius 1 is 1.38 bits per heavy atom. The van der Waals surface area contributed by atoms with Gasteiger partial charge < -0.3 is 21.9 Å². The van der Waals surface area contributed by atoms with Crippen LogP contribution in [0.4, 0.5) is 0 Å². The van der Waals surface area contributed by atoms with Crippen molar-refractivity contribution in [3.8, 4) is 0 Å². The number of carbonyl (C=O) groups excluding carboxylic acids is 1. The first-order valence-electron chi connectivity index (χ1n) is 5.92. The number of aliphatic hydroxyl groups is 1. The van der Waals surface area contributed by atoms with Crippen molar-refractivity contribution in [2.24, 2.45) is 11.5 Å². The summed E-state index contributed by atoms with van der Waals surface area (Å²) in [6, 6.07) is -0.317. The van der Waals surface area contributed by atoms with E-state index in [0.29, 0.717) is 19.5 Å². The monoisotopic (exact) mass is 231 g/mol. The molecule has 0 saturated carbocycles. The molecule has 0 aliphatic heterocycles. The van der Waals surface area contributed by atoms with E-state index in [9.17, 15) is 9.90 Å². The number of aliphatic hydroxyl groups excluding tert-OH is 1. The lowest BCUT2D eigenvalue weighted by molar-refractivity contribution is -0.118. The molecule has 0 rings (SSSR count). The zero-order valence-corrected chi connectivity index (χ0v) is 10.1. The van der Waals surface area contributed by atoms with Crippen molar-refractivity contribution >= 4 is 5.78 Å². The SMILES string of the molecule is CC(=O)C(N)CCCCNCC(O)CCN. The van der Waals surface area contributed by atoms with Gasteiger partial charge in [0.1, 0.15) is 5.78 Å². The number of nitrogens with two attached hydrogens (primary N) is 2. The van der Waals surface area contributed by atoms with Crippen LogP contribution in [0.25, 0.3) is 0 Å². The van der Waals surface area contributed by atoms with E-state index in [4.69, 9.17) is 11.5 Å². The van der Waals surface area contributed by atoms with E-state index in [0.717, 1.165) is 25.8 Å². The highest BCUT2D eigenvalue weighted by atomic mass is 16.3.